The Balaban J connectivity index is 1.98. The molecule has 0 aromatic heterocycles. The van der Waals surface area contributed by atoms with E-state index in [-0.39, 0.29) is 18.2 Å². The number of amides is 2. The molecule has 2 amide bonds. The van der Waals surface area contributed by atoms with Crippen molar-refractivity contribution in [3.05, 3.63) is 105 Å². The van der Waals surface area contributed by atoms with Crippen LogP contribution in [0.15, 0.2) is 72.8 Å². The minimum Gasteiger partial charge on any atom is -0.354 e. The van der Waals surface area contributed by atoms with Gasteiger partial charge in [0.25, 0.3) is 0 Å². The van der Waals surface area contributed by atoms with Gasteiger partial charge in [0.1, 0.15) is 6.04 Å². The lowest BCUT2D eigenvalue weighted by atomic mass is 10.0. The van der Waals surface area contributed by atoms with E-state index in [1.54, 1.807) is 23.1 Å². The Labute approximate surface area is 211 Å². The monoisotopic (exact) mass is 496 g/mol. The van der Waals surface area contributed by atoms with E-state index in [2.05, 4.69) is 5.32 Å². The van der Waals surface area contributed by atoms with Gasteiger partial charge in [-0.25, -0.2) is 0 Å². The van der Waals surface area contributed by atoms with E-state index in [1.165, 1.54) is 0 Å². The average Bonchev–Trinajstić information content (AvgIpc) is 2.83. The van der Waals surface area contributed by atoms with Gasteiger partial charge < -0.3 is 10.2 Å². The maximum atomic E-state index is 13.7. The van der Waals surface area contributed by atoms with Gasteiger partial charge in [-0.1, -0.05) is 90.8 Å². The third-order valence-corrected chi connectivity index (χ3v) is 6.37. The van der Waals surface area contributed by atoms with Crippen molar-refractivity contribution in [1.29, 1.82) is 0 Å². The zero-order valence-corrected chi connectivity index (χ0v) is 21.1. The first-order valence-corrected chi connectivity index (χ1v) is 12.2. The van der Waals surface area contributed by atoms with E-state index < -0.39 is 6.04 Å². The normalized spacial score (nSPS) is 11.6. The molecule has 1 atom stereocenters. The van der Waals surface area contributed by atoms with Crippen LogP contribution in [0.1, 0.15) is 35.6 Å². The first-order chi connectivity index (χ1) is 16.4. The smallest absolute Gasteiger partial charge is 0.243 e. The van der Waals surface area contributed by atoms with Gasteiger partial charge in [0.15, 0.2) is 0 Å². The summed E-state index contributed by atoms with van der Waals surface area (Å²) in [5.74, 6) is -0.324. The number of carbonyl (C=O) groups is 2. The van der Waals surface area contributed by atoms with Crippen molar-refractivity contribution in [2.24, 2.45) is 0 Å². The van der Waals surface area contributed by atoms with Gasteiger partial charge in [-0.2, -0.15) is 0 Å². The molecule has 0 radical (unpaired) electrons. The molecule has 34 heavy (non-hydrogen) atoms. The van der Waals surface area contributed by atoms with Crippen LogP contribution in [-0.2, 0) is 29.0 Å². The number of halogens is 2. The molecule has 0 spiro atoms. The lowest BCUT2D eigenvalue weighted by Gasteiger charge is -2.32. The van der Waals surface area contributed by atoms with Crippen molar-refractivity contribution in [3.8, 4) is 0 Å². The Bertz CT molecular complexity index is 1120. The fraction of sp³-hybridized carbons (Fsp3) is 0.286. The molecule has 3 aromatic rings. The molecule has 0 unspecified atom stereocenters. The van der Waals surface area contributed by atoms with Crippen LogP contribution in [0, 0.1) is 6.92 Å². The van der Waals surface area contributed by atoms with Gasteiger partial charge in [0.05, 0.1) is 6.42 Å². The molecule has 0 aliphatic heterocycles. The standard InChI is InChI=1S/C28H30Cl2N2O2/c1-3-15-31-28(34)26(16-21-10-5-4-6-11-21)32(19-23-12-8-7-9-20(23)2)27(33)17-22-13-14-24(29)18-25(22)30/h4-14,18,26H,3,15-17,19H2,1-2H3,(H,31,34)/t26-/m0/s1. The Morgan fingerprint density at radius 3 is 2.32 bits per heavy atom. The molecular formula is C28H30Cl2N2O2. The van der Waals surface area contributed by atoms with Gasteiger partial charge in [-0.3, -0.25) is 9.59 Å². The Morgan fingerprint density at radius 1 is 0.941 bits per heavy atom. The maximum absolute atomic E-state index is 13.7. The number of nitrogens with zero attached hydrogens (tertiary/aromatic N) is 1. The third kappa shape index (κ3) is 7.09. The van der Waals surface area contributed by atoms with Gasteiger partial charge in [-0.05, 0) is 47.7 Å². The molecule has 4 nitrogen and oxygen atoms in total. The van der Waals surface area contributed by atoms with Crippen LogP contribution in [-0.4, -0.2) is 29.3 Å². The molecule has 0 saturated carbocycles. The highest BCUT2D eigenvalue weighted by Crippen LogP contribution is 2.24. The lowest BCUT2D eigenvalue weighted by molar-refractivity contribution is -0.140. The van der Waals surface area contributed by atoms with Gasteiger partial charge in [0.2, 0.25) is 11.8 Å². The van der Waals surface area contributed by atoms with Crippen LogP contribution >= 0.6 is 23.2 Å². The summed E-state index contributed by atoms with van der Waals surface area (Å²) in [6.45, 7) is 4.90. The number of benzene rings is 3. The first kappa shape index (κ1) is 25.8. The summed E-state index contributed by atoms with van der Waals surface area (Å²) in [7, 11) is 0. The molecular weight excluding hydrogens is 467 g/mol. The molecule has 6 heteroatoms. The minimum absolute atomic E-state index is 0.0776. The van der Waals surface area contributed by atoms with Crippen molar-refractivity contribution in [3.63, 3.8) is 0 Å². The zero-order valence-electron chi connectivity index (χ0n) is 19.6. The van der Waals surface area contributed by atoms with Gasteiger partial charge in [-0.15, -0.1) is 0 Å². The summed E-state index contributed by atoms with van der Waals surface area (Å²) < 4.78 is 0. The summed E-state index contributed by atoms with van der Waals surface area (Å²) in [6.07, 6.45) is 1.31. The molecule has 0 fully saturated rings. The van der Waals surface area contributed by atoms with E-state index >= 15 is 0 Å². The molecule has 0 bridgehead atoms. The van der Waals surface area contributed by atoms with Crippen molar-refractivity contribution in [2.75, 3.05) is 6.54 Å². The predicted octanol–water partition coefficient (Wildman–Crippen LogP) is 6.01. The Hall–Kier alpha value is -2.82. The molecule has 0 saturated heterocycles. The highest BCUT2D eigenvalue weighted by atomic mass is 35.5. The molecule has 0 aliphatic carbocycles. The van der Waals surface area contributed by atoms with Crippen LogP contribution in [0.5, 0.6) is 0 Å². The van der Waals surface area contributed by atoms with Crippen LogP contribution in [0.25, 0.3) is 0 Å². The van der Waals surface area contributed by atoms with Crippen LogP contribution < -0.4 is 5.32 Å². The molecule has 3 rings (SSSR count). The largest absolute Gasteiger partial charge is 0.354 e. The topological polar surface area (TPSA) is 49.4 Å². The lowest BCUT2D eigenvalue weighted by Crippen LogP contribution is -2.51. The first-order valence-electron chi connectivity index (χ1n) is 11.5. The van der Waals surface area contributed by atoms with Crippen LogP contribution in [0.2, 0.25) is 10.0 Å². The van der Waals surface area contributed by atoms with Crippen molar-refractivity contribution < 1.29 is 9.59 Å². The Kier molecular flexibility index (Phi) is 9.55. The van der Waals surface area contributed by atoms with E-state index in [9.17, 15) is 9.59 Å². The summed E-state index contributed by atoms with van der Waals surface area (Å²) in [6, 6.07) is 22.2. The zero-order chi connectivity index (χ0) is 24.5. The second kappa shape index (κ2) is 12.6. The fourth-order valence-electron chi connectivity index (χ4n) is 3.82. The molecule has 1 N–H and O–H groups in total. The molecule has 0 aliphatic rings. The van der Waals surface area contributed by atoms with E-state index in [4.69, 9.17) is 23.2 Å². The van der Waals surface area contributed by atoms with E-state index in [1.807, 2.05) is 68.4 Å². The van der Waals surface area contributed by atoms with Gasteiger partial charge in [0, 0.05) is 29.6 Å². The minimum atomic E-state index is -0.660. The van der Waals surface area contributed by atoms with Crippen LogP contribution in [0.4, 0.5) is 0 Å². The predicted molar refractivity (Wildman–Crippen MR) is 139 cm³/mol. The number of rotatable bonds is 10. The number of aryl methyl sites for hydroxylation is 1. The summed E-state index contributed by atoms with van der Waals surface area (Å²) in [4.78, 5) is 28.8. The van der Waals surface area contributed by atoms with Crippen molar-refractivity contribution >= 4 is 35.0 Å². The van der Waals surface area contributed by atoms with Crippen LogP contribution in [0.3, 0.4) is 0 Å². The molecule has 178 valence electrons. The number of hydrogen-bond acceptors (Lipinski definition) is 2. The highest BCUT2D eigenvalue weighted by Gasteiger charge is 2.30. The van der Waals surface area contributed by atoms with Crippen molar-refractivity contribution in [2.45, 2.75) is 45.7 Å². The second-order valence-corrected chi connectivity index (χ2v) is 9.20. The second-order valence-electron chi connectivity index (χ2n) is 8.36. The van der Waals surface area contributed by atoms with Crippen molar-refractivity contribution in [1.82, 2.24) is 10.2 Å². The summed E-state index contributed by atoms with van der Waals surface area (Å²) in [5.41, 5.74) is 3.74. The fourth-order valence-corrected chi connectivity index (χ4v) is 4.30. The number of carbonyl (C=O) groups excluding carboxylic acids is 2. The van der Waals surface area contributed by atoms with E-state index in [0.29, 0.717) is 35.1 Å². The van der Waals surface area contributed by atoms with E-state index in [0.717, 1.165) is 23.1 Å². The third-order valence-electron chi connectivity index (χ3n) is 5.78. The molecule has 3 aromatic carbocycles. The van der Waals surface area contributed by atoms with Gasteiger partial charge >= 0.3 is 0 Å². The maximum Gasteiger partial charge on any atom is 0.243 e. The summed E-state index contributed by atoms with van der Waals surface area (Å²) >= 11 is 12.4. The Morgan fingerprint density at radius 2 is 1.65 bits per heavy atom. The number of nitrogens with one attached hydrogen (secondary N) is 1. The SMILES string of the molecule is CCCNC(=O)[C@H](Cc1ccccc1)N(Cc1ccccc1C)C(=O)Cc1ccc(Cl)cc1Cl. The highest BCUT2D eigenvalue weighted by molar-refractivity contribution is 6.35. The average molecular weight is 497 g/mol. The molecule has 0 heterocycles. The number of hydrogen-bond donors (Lipinski definition) is 1. The summed E-state index contributed by atoms with van der Waals surface area (Å²) in [5, 5.41) is 3.94. The quantitative estimate of drug-likeness (QED) is 0.373.